The van der Waals surface area contributed by atoms with Crippen LogP contribution in [0.25, 0.3) is 10.6 Å². The lowest BCUT2D eigenvalue weighted by molar-refractivity contribution is 0.287. The summed E-state index contributed by atoms with van der Waals surface area (Å²) in [4.78, 5) is 0.721. The Kier molecular flexibility index (Phi) is 6.94. The van der Waals surface area contributed by atoms with Crippen LogP contribution >= 0.6 is 11.3 Å². The average Bonchev–Trinajstić information content (AvgIpc) is 3.33. The van der Waals surface area contributed by atoms with E-state index >= 15 is 0 Å². The Bertz CT molecular complexity index is 1060. The Hall–Kier alpha value is -2.36. The molecule has 0 aliphatic rings. The lowest BCUT2D eigenvalue weighted by Crippen LogP contribution is -2.25. The van der Waals surface area contributed by atoms with Gasteiger partial charge in [0.1, 0.15) is 4.21 Å². The molecule has 2 aromatic heterocycles. The second-order valence-corrected chi connectivity index (χ2v) is 9.32. The maximum Gasteiger partial charge on any atom is 0.250 e. The molecule has 29 heavy (non-hydrogen) atoms. The number of aromatic nitrogens is 1. The van der Waals surface area contributed by atoms with Crippen molar-refractivity contribution in [1.29, 1.82) is 0 Å². The van der Waals surface area contributed by atoms with E-state index in [1.807, 2.05) is 39.0 Å². The fourth-order valence-corrected chi connectivity index (χ4v) is 5.06. The van der Waals surface area contributed by atoms with Gasteiger partial charge in [0.05, 0.1) is 23.8 Å². The number of sulfonamides is 1. The van der Waals surface area contributed by atoms with Gasteiger partial charge in [-0.15, -0.1) is 11.3 Å². The molecule has 0 amide bonds. The largest absolute Gasteiger partial charge is 0.490 e. The molecule has 0 saturated heterocycles. The van der Waals surface area contributed by atoms with Crippen molar-refractivity contribution >= 4 is 21.4 Å². The molecule has 0 fully saturated rings. The fraction of sp³-hybridized carbons (Fsp3) is 0.350. The zero-order chi connectivity index (χ0) is 20.9. The van der Waals surface area contributed by atoms with Gasteiger partial charge in [-0.2, -0.15) is 0 Å². The number of nitrogens with zero attached hydrogens (tertiary/aromatic N) is 1. The molecule has 0 aliphatic heterocycles. The van der Waals surface area contributed by atoms with Crippen molar-refractivity contribution in [3.63, 3.8) is 0 Å². The molecule has 0 aliphatic carbocycles. The number of ether oxygens (including phenoxy) is 2. The second-order valence-electron chi connectivity index (χ2n) is 6.25. The van der Waals surface area contributed by atoms with E-state index in [9.17, 15) is 8.42 Å². The standard InChI is InChI=1S/C20H24N2O5S2/c1-4-25-16-7-6-15(13-17(16)26-5-2)10-11-21-29(23,24)20-9-8-19(28-20)18-12-14(3)22-27-18/h6-9,12-13,21H,4-5,10-11H2,1-3H3. The normalized spacial score (nSPS) is 11.6. The maximum absolute atomic E-state index is 12.6. The molecule has 9 heteroatoms. The van der Waals surface area contributed by atoms with Crippen LogP contribution in [-0.4, -0.2) is 33.3 Å². The van der Waals surface area contributed by atoms with Crippen molar-refractivity contribution in [3.8, 4) is 22.1 Å². The van der Waals surface area contributed by atoms with Crippen LogP contribution in [0.1, 0.15) is 25.1 Å². The van der Waals surface area contributed by atoms with E-state index in [0.717, 1.165) is 27.5 Å². The van der Waals surface area contributed by atoms with Gasteiger partial charge in [0.15, 0.2) is 17.3 Å². The van der Waals surface area contributed by atoms with Crippen molar-refractivity contribution in [2.24, 2.45) is 0 Å². The van der Waals surface area contributed by atoms with Crippen LogP contribution in [-0.2, 0) is 16.4 Å². The number of thiophene rings is 1. The van der Waals surface area contributed by atoms with E-state index in [-0.39, 0.29) is 10.8 Å². The molecule has 0 spiro atoms. The topological polar surface area (TPSA) is 90.7 Å². The van der Waals surface area contributed by atoms with E-state index in [4.69, 9.17) is 14.0 Å². The number of aryl methyl sites for hydroxylation is 1. The van der Waals surface area contributed by atoms with Gasteiger partial charge in [0.2, 0.25) is 10.0 Å². The summed E-state index contributed by atoms with van der Waals surface area (Å²) in [6, 6.07) is 10.7. The van der Waals surface area contributed by atoms with Crippen molar-refractivity contribution in [2.75, 3.05) is 19.8 Å². The molecule has 0 bridgehead atoms. The summed E-state index contributed by atoms with van der Waals surface area (Å²) in [5.41, 5.74) is 1.71. The van der Waals surface area contributed by atoms with Crippen molar-refractivity contribution in [2.45, 2.75) is 31.4 Å². The van der Waals surface area contributed by atoms with Gasteiger partial charge in [-0.25, -0.2) is 13.1 Å². The van der Waals surface area contributed by atoms with Crippen LogP contribution in [0.2, 0.25) is 0 Å². The molecule has 0 unspecified atom stereocenters. The fourth-order valence-electron chi connectivity index (χ4n) is 2.73. The predicted octanol–water partition coefficient (Wildman–Crippen LogP) is 4.03. The predicted molar refractivity (Wildman–Crippen MR) is 112 cm³/mol. The van der Waals surface area contributed by atoms with Gasteiger partial charge in [-0.1, -0.05) is 11.2 Å². The summed E-state index contributed by atoms with van der Waals surface area (Å²) in [5.74, 6) is 1.92. The number of hydrogen-bond donors (Lipinski definition) is 1. The highest BCUT2D eigenvalue weighted by Gasteiger charge is 2.18. The minimum absolute atomic E-state index is 0.239. The van der Waals surface area contributed by atoms with E-state index < -0.39 is 10.0 Å². The smallest absolute Gasteiger partial charge is 0.250 e. The first-order valence-corrected chi connectivity index (χ1v) is 11.6. The van der Waals surface area contributed by atoms with Crippen LogP contribution in [0.4, 0.5) is 0 Å². The van der Waals surface area contributed by atoms with E-state index in [2.05, 4.69) is 9.88 Å². The molecule has 0 radical (unpaired) electrons. The first kappa shape index (κ1) is 21.4. The number of nitrogens with one attached hydrogen (secondary N) is 1. The van der Waals surface area contributed by atoms with Crippen molar-refractivity contribution in [1.82, 2.24) is 9.88 Å². The number of hydrogen-bond acceptors (Lipinski definition) is 7. The van der Waals surface area contributed by atoms with Gasteiger partial charge in [-0.3, -0.25) is 0 Å². The van der Waals surface area contributed by atoms with Gasteiger partial charge in [-0.05, 0) is 57.0 Å². The van der Waals surface area contributed by atoms with Crippen LogP contribution in [0.5, 0.6) is 11.5 Å². The number of rotatable bonds is 10. The Morgan fingerprint density at radius 1 is 1.07 bits per heavy atom. The van der Waals surface area contributed by atoms with Crippen molar-refractivity contribution in [3.05, 3.63) is 47.7 Å². The quantitative estimate of drug-likeness (QED) is 0.516. The average molecular weight is 437 g/mol. The first-order valence-electron chi connectivity index (χ1n) is 9.34. The third-order valence-corrected chi connectivity index (χ3v) is 7.08. The SMILES string of the molecule is CCOc1ccc(CCNS(=O)(=O)c2ccc(-c3cc(C)no3)s2)cc1OCC. The Morgan fingerprint density at radius 3 is 2.52 bits per heavy atom. The third kappa shape index (κ3) is 5.37. The molecule has 7 nitrogen and oxygen atoms in total. The van der Waals surface area contributed by atoms with E-state index in [1.54, 1.807) is 18.2 Å². The second kappa shape index (κ2) is 9.43. The van der Waals surface area contributed by atoms with Crippen LogP contribution in [0.3, 0.4) is 0 Å². The number of benzene rings is 1. The summed E-state index contributed by atoms with van der Waals surface area (Å²) in [6.07, 6.45) is 0.533. The highest BCUT2D eigenvalue weighted by atomic mass is 32.2. The first-order chi connectivity index (χ1) is 13.9. The summed E-state index contributed by atoms with van der Waals surface area (Å²) in [6.45, 7) is 7.00. The molecule has 156 valence electrons. The Balaban J connectivity index is 1.64. The summed E-state index contributed by atoms with van der Waals surface area (Å²) in [7, 11) is -3.60. The van der Waals surface area contributed by atoms with Gasteiger partial charge >= 0.3 is 0 Å². The summed E-state index contributed by atoms with van der Waals surface area (Å²) < 4.78 is 44.4. The highest BCUT2D eigenvalue weighted by Crippen LogP contribution is 2.31. The summed E-state index contributed by atoms with van der Waals surface area (Å²) in [5, 5.41) is 3.83. The molecule has 0 saturated carbocycles. The van der Waals surface area contributed by atoms with E-state index in [1.165, 1.54) is 0 Å². The minimum Gasteiger partial charge on any atom is -0.490 e. The van der Waals surface area contributed by atoms with Crippen LogP contribution < -0.4 is 14.2 Å². The molecular formula is C20H24N2O5S2. The highest BCUT2D eigenvalue weighted by molar-refractivity contribution is 7.91. The molecule has 0 atom stereocenters. The molecule has 3 rings (SSSR count). The summed E-state index contributed by atoms with van der Waals surface area (Å²) >= 11 is 1.15. The molecule has 1 N–H and O–H groups in total. The lowest BCUT2D eigenvalue weighted by Gasteiger charge is -2.12. The van der Waals surface area contributed by atoms with Gasteiger partial charge < -0.3 is 14.0 Å². The van der Waals surface area contributed by atoms with Gasteiger partial charge in [0, 0.05) is 12.6 Å². The monoisotopic (exact) mass is 436 g/mol. The van der Waals surface area contributed by atoms with Gasteiger partial charge in [0.25, 0.3) is 0 Å². The van der Waals surface area contributed by atoms with Crippen molar-refractivity contribution < 1.29 is 22.4 Å². The maximum atomic E-state index is 12.6. The molecular weight excluding hydrogens is 412 g/mol. The molecule has 1 aromatic carbocycles. The third-order valence-electron chi connectivity index (χ3n) is 4.03. The minimum atomic E-state index is -3.60. The molecule has 2 heterocycles. The zero-order valence-electron chi connectivity index (χ0n) is 16.6. The Morgan fingerprint density at radius 2 is 1.83 bits per heavy atom. The Labute approximate surface area is 174 Å². The lowest BCUT2D eigenvalue weighted by atomic mass is 10.1. The van der Waals surface area contributed by atoms with Crippen LogP contribution in [0, 0.1) is 6.92 Å². The zero-order valence-corrected chi connectivity index (χ0v) is 18.2. The molecule has 3 aromatic rings. The van der Waals surface area contributed by atoms with Crippen LogP contribution in [0.15, 0.2) is 45.1 Å². The van der Waals surface area contributed by atoms with E-state index in [0.29, 0.717) is 36.9 Å².